The number of fused-ring (bicyclic) bond motifs is 3. The second-order valence-corrected chi connectivity index (χ2v) is 11.8. The van der Waals surface area contributed by atoms with E-state index in [0.717, 1.165) is 27.8 Å². The van der Waals surface area contributed by atoms with Crippen LogP contribution in [0.5, 0.6) is 0 Å². The van der Waals surface area contributed by atoms with Crippen LogP contribution in [0, 0.1) is 11.3 Å². The smallest absolute Gasteiger partial charge is 0.164 e. The second-order valence-electron chi connectivity index (χ2n) is 10.8. The highest BCUT2D eigenvalue weighted by atomic mass is 32.1. The maximum Gasteiger partial charge on any atom is 0.164 e. The monoisotopic (exact) mass is 592 g/mol. The summed E-state index contributed by atoms with van der Waals surface area (Å²) in [5, 5.41) is 11.8. The van der Waals surface area contributed by atoms with Crippen molar-refractivity contribution in [3.63, 3.8) is 0 Å². The van der Waals surface area contributed by atoms with E-state index in [-0.39, 0.29) is 0 Å². The third-order valence-corrected chi connectivity index (χ3v) is 9.21. The van der Waals surface area contributed by atoms with Gasteiger partial charge in [-0.1, -0.05) is 127 Å². The molecule has 5 heteroatoms. The fraction of sp³-hybridized carbons (Fsp3) is 0. The van der Waals surface area contributed by atoms with Gasteiger partial charge in [0.25, 0.3) is 0 Å². The van der Waals surface area contributed by atoms with Crippen molar-refractivity contribution in [1.82, 2.24) is 15.0 Å². The van der Waals surface area contributed by atoms with Crippen LogP contribution in [0.2, 0.25) is 0 Å². The molecular formula is C40H24N4S. The summed E-state index contributed by atoms with van der Waals surface area (Å²) in [5.74, 6) is 1.93. The average Bonchev–Trinajstić information content (AvgIpc) is 3.52. The third kappa shape index (κ3) is 4.94. The molecule has 0 fully saturated rings. The van der Waals surface area contributed by atoms with E-state index >= 15 is 0 Å². The predicted octanol–water partition coefficient (Wildman–Crippen LogP) is 10.4. The number of thiophene rings is 1. The van der Waals surface area contributed by atoms with E-state index in [0.29, 0.717) is 23.0 Å². The first kappa shape index (κ1) is 26.7. The van der Waals surface area contributed by atoms with Gasteiger partial charge in [-0.25, -0.2) is 15.0 Å². The maximum absolute atomic E-state index is 9.31. The van der Waals surface area contributed by atoms with E-state index in [1.807, 2.05) is 96.3 Å². The minimum atomic E-state index is 0.637. The Balaban J connectivity index is 1.24. The van der Waals surface area contributed by atoms with Gasteiger partial charge in [0.2, 0.25) is 0 Å². The largest absolute Gasteiger partial charge is 0.208 e. The number of hydrogen-bond acceptors (Lipinski definition) is 5. The Bertz CT molecular complexity index is 2300. The van der Waals surface area contributed by atoms with Gasteiger partial charge in [-0.05, 0) is 40.5 Å². The zero-order valence-electron chi connectivity index (χ0n) is 24.1. The van der Waals surface area contributed by atoms with Crippen LogP contribution in [0.15, 0.2) is 146 Å². The summed E-state index contributed by atoms with van der Waals surface area (Å²) in [4.78, 5) is 14.6. The molecule has 6 aromatic carbocycles. The highest BCUT2D eigenvalue weighted by Gasteiger charge is 2.17. The Kier molecular flexibility index (Phi) is 6.68. The zero-order valence-corrected chi connectivity index (χ0v) is 24.9. The molecule has 2 aromatic heterocycles. The first-order chi connectivity index (χ1) is 22.2. The molecule has 210 valence electrons. The molecule has 4 nitrogen and oxygen atoms in total. The lowest BCUT2D eigenvalue weighted by molar-refractivity contribution is 1.07. The summed E-state index contributed by atoms with van der Waals surface area (Å²) in [6, 6.07) is 51.6. The number of hydrogen-bond donors (Lipinski definition) is 0. The van der Waals surface area contributed by atoms with E-state index in [1.54, 1.807) is 0 Å². The Labute approximate surface area is 264 Å². The summed E-state index contributed by atoms with van der Waals surface area (Å²) in [5.41, 5.74) is 8.06. The van der Waals surface area contributed by atoms with Crippen molar-refractivity contribution in [3.05, 3.63) is 151 Å². The lowest BCUT2D eigenvalue weighted by Crippen LogP contribution is -2.00. The quantitative estimate of drug-likeness (QED) is 0.199. The summed E-state index contributed by atoms with van der Waals surface area (Å²) in [7, 11) is 0. The molecule has 0 aliphatic heterocycles. The van der Waals surface area contributed by atoms with Crippen LogP contribution in [0.3, 0.4) is 0 Å². The molecule has 0 radical (unpaired) electrons. The van der Waals surface area contributed by atoms with Crippen molar-refractivity contribution < 1.29 is 0 Å². The van der Waals surface area contributed by atoms with Gasteiger partial charge in [-0.15, -0.1) is 11.3 Å². The SMILES string of the molecule is N#Cc1ccc(-c2ccc(-c3ccc(-c4nc(-c5ccccc5)nc(-c5ccccc5)n4)cc3)c3sc4ccccc4c23)cc1. The van der Waals surface area contributed by atoms with Gasteiger partial charge in [0.1, 0.15) is 0 Å². The van der Waals surface area contributed by atoms with E-state index in [1.165, 1.54) is 31.3 Å². The number of nitrogens with zero attached hydrogens (tertiary/aromatic N) is 4. The Hall–Kier alpha value is -5.96. The van der Waals surface area contributed by atoms with Gasteiger partial charge in [-0.3, -0.25) is 0 Å². The van der Waals surface area contributed by atoms with Crippen LogP contribution in [0.25, 0.3) is 76.6 Å². The fourth-order valence-corrected chi connectivity index (χ4v) is 7.02. The summed E-state index contributed by atoms with van der Waals surface area (Å²) in [6.45, 7) is 0. The molecule has 0 saturated carbocycles. The Morgan fingerprint density at radius 1 is 0.444 bits per heavy atom. The van der Waals surface area contributed by atoms with Crippen molar-refractivity contribution in [2.24, 2.45) is 0 Å². The molecule has 0 N–H and O–H groups in total. The number of rotatable bonds is 5. The van der Waals surface area contributed by atoms with Crippen molar-refractivity contribution in [2.75, 3.05) is 0 Å². The molecule has 0 aliphatic carbocycles. The number of aromatic nitrogens is 3. The number of benzene rings is 6. The van der Waals surface area contributed by atoms with Crippen LogP contribution < -0.4 is 0 Å². The van der Waals surface area contributed by atoms with Gasteiger partial charge in [0, 0.05) is 36.9 Å². The molecule has 0 spiro atoms. The first-order valence-electron chi connectivity index (χ1n) is 14.7. The van der Waals surface area contributed by atoms with Crippen LogP contribution in [-0.2, 0) is 0 Å². The standard InChI is InChI=1S/C40H24N4S/c41-25-26-15-17-27(18-16-26)32-23-24-33(37-36(32)34-13-7-8-14-35(34)45-37)28-19-21-31(22-20-28)40-43-38(29-9-3-1-4-10-29)42-39(44-40)30-11-5-2-6-12-30/h1-24H. The van der Waals surface area contributed by atoms with Gasteiger partial charge in [-0.2, -0.15) is 5.26 Å². The normalized spacial score (nSPS) is 11.1. The van der Waals surface area contributed by atoms with Crippen LogP contribution in [0.1, 0.15) is 5.56 Å². The van der Waals surface area contributed by atoms with Gasteiger partial charge >= 0.3 is 0 Å². The molecule has 0 aliphatic rings. The molecule has 0 saturated heterocycles. The van der Waals surface area contributed by atoms with E-state index in [2.05, 4.69) is 66.7 Å². The molecular weight excluding hydrogens is 569 g/mol. The van der Waals surface area contributed by atoms with Crippen molar-refractivity contribution in [1.29, 1.82) is 5.26 Å². The molecule has 0 amide bonds. The summed E-state index contributed by atoms with van der Waals surface area (Å²) < 4.78 is 2.49. The molecule has 45 heavy (non-hydrogen) atoms. The number of nitriles is 1. The molecule has 0 bridgehead atoms. The fourth-order valence-electron chi connectivity index (χ4n) is 5.76. The molecule has 8 aromatic rings. The summed E-state index contributed by atoms with van der Waals surface area (Å²) in [6.07, 6.45) is 0. The minimum Gasteiger partial charge on any atom is -0.208 e. The lowest BCUT2D eigenvalue weighted by Gasteiger charge is -2.11. The minimum absolute atomic E-state index is 0.637. The zero-order chi connectivity index (χ0) is 30.2. The first-order valence-corrected chi connectivity index (χ1v) is 15.5. The van der Waals surface area contributed by atoms with Crippen LogP contribution in [-0.4, -0.2) is 15.0 Å². The second kappa shape index (κ2) is 11.3. The van der Waals surface area contributed by atoms with E-state index < -0.39 is 0 Å². The van der Waals surface area contributed by atoms with Crippen molar-refractivity contribution >= 4 is 31.5 Å². The summed E-state index contributed by atoms with van der Waals surface area (Å²) >= 11 is 1.81. The van der Waals surface area contributed by atoms with Crippen LogP contribution >= 0.6 is 11.3 Å². The van der Waals surface area contributed by atoms with E-state index in [9.17, 15) is 5.26 Å². The molecule has 0 unspecified atom stereocenters. The van der Waals surface area contributed by atoms with Crippen molar-refractivity contribution in [3.8, 4) is 62.5 Å². The molecule has 8 rings (SSSR count). The molecule has 2 heterocycles. The van der Waals surface area contributed by atoms with Crippen LogP contribution in [0.4, 0.5) is 0 Å². The maximum atomic E-state index is 9.31. The average molecular weight is 593 g/mol. The van der Waals surface area contributed by atoms with Crippen molar-refractivity contribution in [2.45, 2.75) is 0 Å². The Morgan fingerprint density at radius 2 is 0.911 bits per heavy atom. The molecule has 0 atom stereocenters. The highest BCUT2D eigenvalue weighted by molar-refractivity contribution is 7.26. The lowest BCUT2D eigenvalue weighted by atomic mass is 9.94. The van der Waals surface area contributed by atoms with E-state index in [4.69, 9.17) is 15.0 Å². The van der Waals surface area contributed by atoms with Gasteiger partial charge in [0.05, 0.1) is 11.6 Å². The third-order valence-electron chi connectivity index (χ3n) is 8.00. The van der Waals surface area contributed by atoms with Gasteiger partial charge in [0.15, 0.2) is 17.5 Å². The topological polar surface area (TPSA) is 62.5 Å². The highest BCUT2D eigenvalue weighted by Crippen LogP contribution is 2.45. The van der Waals surface area contributed by atoms with Gasteiger partial charge < -0.3 is 0 Å². The predicted molar refractivity (Wildman–Crippen MR) is 185 cm³/mol. The Morgan fingerprint density at radius 3 is 1.51 bits per heavy atom.